The third kappa shape index (κ3) is 3.94. The van der Waals surface area contributed by atoms with Gasteiger partial charge in [0.15, 0.2) is 5.70 Å². The van der Waals surface area contributed by atoms with E-state index >= 15 is 0 Å². The minimum Gasteiger partial charge on any atom is -0.287 e. The molecule has 3 rings (SSSR count). The number of rotatable bonds is 3. The molecule has 3 heteroatoms. The smallest absolute Gasteiger partial charge is 0.183 e. The van der Waals surface area contributed by atoms with Crippen LogP contribution in [0.3, 0.4) is 0 Å². The molecule has 0 aromatic heterocycles. The zero-order chi connectivity index (χ0) is 17.8. The molecule has 0 fully saturated rings. The van der Waals surface area contributed by atoms with E-state index in [1.54, 1.807) is 6.08 Å². The standard InChI is InChI=1S/C22H22N3/c1-15(2)17-11-13-18(14-12-17)24-16(3)21-9-6-10-22(25-21)19-7-4-5-8-20(19)23/h4-15,23H,1-3H3/q+1/b22-19-,23-20?,24-16?. The van der Waals surface area contributed by atoms with Gasteiger partial charge in [-0.15, -0.1) is 0 Å². The summed E-state index contributed by atoms with van der Waals surface area (Å²) in [5.41, 5.74) is 6.03. The van der Waals surface area contributed by atoms with E-state index in [9.17, 15) is 0 Å². The van der Waals surface area contributed by atoms with Crippen LogP contribution in [0.4, 0.5) is 5.69 Å². The molecule has 25 heavy (non-hydrogen) atoms. The van der Waals surface area contributed by atoms with Crippen molar-refractivity contribution in [2.75, 3.05) is 0 Å². The maximum Gasteiger partial charge on any atom is 0.183 e. The summed E-state index contributed by atoms with van der Waals surface area (Å²) in [6, 6.07) is 8.33. The van der Waals surface area contributed by atoms with Crippen molar-refractivity contribution in [2.45, 2.75) is 26.7 Å². The summed E-state index contributed by atoms with van der Waals surface area (Å²) >= 11 is 0. The highest BCUT2D eigenvalue weighted by molar-refractivity contribution is 6.46. The van der Waals surface area contributed by atoms with Gasteiger partial charge in [-0.25, -0.2) is 4.99 Å². The van der Waals surface area contributed by atoms with Gasteiger partial charge in [-0.05, 0) is 42.7 Å². The van der Waals surface area contributed by atoms with Crippen LogP contribution in [0.15, 0.2) is 82.0 Å². The molecule has 0 spiro atoms. The van der Waals surface area contributed by atoms with Gasteiger partial charge in [0.25, 0.3) is 0 Å². The van der Waals surface area contributed by atoms with Crippen molar-refractivity contribution in [3.8, 4) is 0 Å². The monoisotopic (exact) mass is 328 g/mol. The summed E-state index contributed by atoms with van der Waals surface area (Å²) in [7, 11) is 0. The van der Waals surface area contributed by atoms with Crippen molar-refractivity contribution < 1.29 is 0 Å². The highest BCUT2D eigenvalue weighted by Gasteiger charge is 2.20. The number of dihydropyridines is 1. The van der Waals surface area contributed by atoms with Gasteiger partial charge >= 0.3 is 0 Å². The predicted molar refractivity (Wildman–Crippen MR) is 107 cm³/mol. The number of aliphatic imine (C=N–C) groups is 2. The number of allylic oxidation sites excluding steroid dienone is 7. The summed E-state index contributed by atoms with van der Waals surface area (Å²) in [6.07, 6.45) is 13.3. The largest absolute Gasteiger partial charge is 0.287 e. The Labute approximate surface area is 149 Å². The van der Waals surface area contributed by atoms with Crippen LogP contribution in [-0.2, 0) is 0 Å². The summed E-state index contributed by atoms with van der Waals surface area (Å²) in [4.78, 5) is 9.39. The Hall–Kier alpha value is -2.94. The molecular weight excluding hydrogens is 306 g/mol. The molecule has 0 unspecified atom stereocenters. The van der Waals surface area contributed by atoms with E-state index in [0.717, 1.165) is 28.4 Å². The summed E-state index contributed by atoms with van der Waals surface area (Å²) < 4.78 is 0. The molecule has 124 valence electrons. The molecule has 2 aliphatic rings. The average molecular weight is 328 g/mol. The molecule has 0 saturated carbocycles. The molecule has 1 aliphatic heterocycles. The first-order chi connectivity index (χ1) is 12.0. The first-order valence-electron chi connectivity index (χ1n) is 8.48. The Morgan fingerprint density at radius 3 is 2.48 bits per heavy atom. The lowest BCUT2D eigenvalue weighted by Gasteiger charge is -2.08. The average Bonchev–Trinajstić information content (AvgIpc) is 2.62. The van der Waals surface area contributed by atoms with E-state index in [1.165, 1.54) is 5.56 Å². The second-order valence-electron chi connectivity index (χ2n) is 6.40. The molecular formula is C22H22N3+. The zero-order valence-electron chi connectivity index (χ0n) is 14.8. The van der Waals surface area contributed by atoms with Crippen LogP contribution in [0.1, 0.15) is 32.3 Å². The van der Waals surface area contributed by atoms with E-state index in [4.69, 9.17) is 15.4 Å². The van der Waals surface area contributed by atoms with E-state index in [1.807, 2.05) is 55.9 Å². The lowest BCUT2D eigenvalue weighted by Crippen LogP contribution is -2.12. The maximum absolute atomic E-state index is 8.05. The van der Waals surface area contributed by atoms with Gasteiger partial charge in [-0.2, -0.15) is 0 Å². The fourth-order valence-electron chi connectivity index (χ4n) is 2.68. The Bertz CT molecular complexity index is 857. The third-order valence-corrected chi connectivity index (χ3v) is 4.18. The van der Waals surface area contributed by atoms with Gasteiger partial charge < -0.3 is 0 Å². The van der Waals surface area contributed by atoms with Gasteiger partial charge in [0.2, 0.25) is 0 Å². The van der Waals surface area contributed by atoms with Crippen molar-refractivity contribution in [3.63, 3.8) is 0 Å². The zero-order valence-corrected chi connectivity index (χ0v) is 14.8. The quantitative estimate of drug-likeness (QED) is 0.561. The lowest BCUT2D eigenvalue weighted by molar-refractivity contribution is 0.867. The van der Waals surface area contributed by atoms with Crippen LogP contribution in [0.5, 0.6) is 0 Å². The Balaban J connectivity index is 1.88. The molecule has 1 N–H and O–H groups in total. The fourth-order valence-corrected chi connectivity index (χ4v) is 2.68. The molecule has 0 bridgehead atoms. The molecule has 1 aromatic rings. The number of hydrogen-bond acceptors (Lipinski definition) is 3. The van der Waals surface area contributed by atoms with Crippen molar-refractivity contribution in [3.05, 3.63) is 84.0 Å². The predicted octanol–water partition coefficient (Wildman–Crippen LogP) is 5.52. The maximum atomic E-state index is 8.05. The third-order valence-electron chi connectivity index (χ3n) is 4.18. The number of nitrogens with one attached hydrogen (secondary N) is 1. The fraction of sp³-hybridized carbons (Fsp3) is 0.182. The molecule has 0 amide bonds. The highest BCUT2D eigenvalue weighted by Crippen LogP contribution is 2.22. The van der Waals surface area contributed by atoms with Crippen molar-refractivity contribution in [1.29, 1.82) is 5.41 Å². The van der Waals surface area contributed by atoms with Crippen LogP contribution in [0.2, 0.25) is 0 Å². The molecule has 0 saturated heterocycles. The van der Waals surface area contributed by atoms with E-state index in [2.05, 4.69) is 26.0 Å². The molecule has 0 radical (unpaired) electrons. The Morgan fingerprint density at radius 2 is 1.80 bits per heavy atom. The summed E-state index contributed by atoms with van der Waals surface area (Å²) in [6.45, 7) is 6.33. The molecule has 0 atom stereocenters. The van der Waals surface area contributed by atoms with E-state index in [0.29, 0.717) is 11.6 Å². The van der Waals surface area contributed by atoms with Crippen LogP contribution >= 0.6 is 0 Å². The molecule has 1 aromatic carbocycles. The Kier molecular flexibility index (Phi) is 4.94. The van der Waals surface area contributed by atoms with Gasteiger partial charge in [0.05, 0.1) is 30.0 Å². The number of nitrogens with zero attached hydrogens (tertiary/aromatic N) is 2. The second kappa shape index (κ2) is 7.31. The first-order valence-corrected chi connectivity index (χ1v) is 8.48. The van der Waals surface area contributed by atoms with E-state index < -0.39 is 0 Å². The van der Waals surface area contributed by atoms with Crippen molar-refractivity contribution in [1.82, 2.24) is 0 Å². The summed E-state index contributed by atoms with van der Waals surface area (Å²) in [5, 5.41) is 8.05. The van der Waals surface area contributed by atoms with Gasteiger partial charge in [0, 0.05) is 6.08 Å². The minimum absolute atomic E-state index is 0.478. The van der Waals surface area contributed by atoms with Crippen LogP contribution in [-0.4, -0.2) is 17.1 Å². The molecule has 1 heterocycles. The lowest BCUT2D eigenvalue weighted by atomic mass is 10.00. The van der Waals surface area contributed by atoms with Crippen molar-refractivity contribution >= 4 is 22.8 Å². The molecule has 1 aliphatic carbocycles. The van der Waals surface area contributed by atoms with Gasteiger partial charge in [0.1, 0.15) is 17.0 Å². The van der Waals surface area contributed by atoms with Crippen LogP contribution < -0.4 is 0 Å². The number of benzene rings is 1. The van der Waals surface area contributed by atoms with Crippen LogP contribution in [0, 0.1) is 11.8 Å². The number of hydrogen-bond donors (Lipinski definition) is 1. The highest BCUT2D eigenvalue weighted by atomic mass is 14.8. The van der Waals surface area contributed by atoms with Gasteiger partial charge in [-0.3, -0.25) is 10.4 Å². The first kappa shape index (κ1) is 16.9. The van der Waals surface area contributed by atoms with E-state index in [-0.39, 0.29) is 0 Å². The normalized spacial score (nSPS) is 20.1. The molecule has 3 nitrogen and oxygen atoms in total. The Morgan fingerprint density at radius 1 is 1.08 bits per heavy atom. The summed E-state index contributed by atoms with van der Waals surface area (Å²) in [5.74, 6) is 0.516. The van der Waals surface area contributed by atoms with Crippen molar-refractivity contribution in [2.24, 2.45) is 9.98 Å². The minimum atomic E-state index is 0.478. The SMILES string of the molecule is CC(=Nc1ccc(C(C)C)cc1)C1=N/C(=C2/C=CC=CC2=N)[CH+]C=C1. The van der Waals surface area contributed by atoms with Crippen LogP contribution in [0.25, 0.3) is 0 Å². The van der Waals surface area contributed by atoms with Gasteiger partial charge in [-0.1, -0.05) is 32.1 Å². The second-order valence-corrected chi connectivity index (χ2v) is 6.40. The topological polar surface area (TPSA) is 48.6 Å².